The molecule has 1 heterocycles. The summed E-state index contributed by atoms with van der Waals surface area (Å²) in [5, 5.41) is 12.4. The molecule has 0 radical (unpaired) electrons. The minimum absolute atomic E-state index is 0.0149. The van der Waals surface area contributed by atoms with Gasteiger partial charge >= 0.3 is 5.97 Å². The molecule has 1 fully saturated rings. The Labute approximate surface area is 218 Å². The summed E-state index contributed by atoms with van der Waals surface area (Å²) in [5.74, 6) is -0.852. The fourth-order valence-electron chi connectivity index (χ4n) is 4.35. The first-order valence-corrected chi connectivity index (χ1v) is 12.7. The van der Waals surface area contributed by atoms with E-state index in [1.165, 1.54) is 0 Å². The fourth-order valence-corrected chi connectivity index (χ4v) is 4.35. The normalized spacial score (nSPS) is 21.5. The van der Waals surface area contributed by atoms with E-state index in [9.17, 15) is 4.79 Å². The number of carboxylic acid groups (broad SMARTS) is 1. The number of aliphatic carboxylic acids is 1. The summed E-state index contributed by atoms with van der Waals surface area (Å²) in [5.41, 5.74) is 3.19. The molecule has 4 rings (SSSR count). The Morgan fingerprint density at radius 3 is 1.84 bits per heavy atom. The zero-order chi connectivity index (χ0) is 25.7. The molecule has 37 heavy (non-hydrogen) atoms. The molecule has 0 aliphatic carbocycles. The van der Waals surface area contributed by atoms with E-state index in [1.54, 1.807) is 0 Å². The maximum atomic E-state index is 11.1. The van der Waals surface area contributed by atoms with E-state index in [2.05, 4.69) is 5.32 Å². The molecule has 1 aliphatic rings. The summed E-state index contributed by atoms with van der Waals surface area (Å²) in [7, 11) is 0. The van der Waals surface area contributed by atoms with Crippen molar-refractivity contribution in [2.45, 2.75) is 50.6 Å². The van der Waals surface area contributed by atoms with Crippen LogP contribution in [-0.4, -0.2) is 55.2 Å². The number of hydrogen-bond acceptors (Lipinski definition) is 6. The van der Waals surface area contributed by atoms with Gasteiger partial charge in [-0.25, -0.2) is 0 Å². The predicted molar refractivity (Wildman–Crippen MR) is 140 cm³/mol. The maximum absolute atomic E-state index is 11.1. The van der Waals surface area contributed by atoms with Gasteiger partial charge in [0.05, 0.1) is 45.5 Å². The molecule has 0 aromatic heterocycles. The van der Waals surface area contributed by atoms with Gasteiger partial charge in [-0.3, -0.25) is 4.79 Å². The van der Waals surface area contributed by atoms with Crippen LogP contribution in [0, 0.1) is 0 Å². The lowest BCUT2D eigenvalue weighted by atomic mass is 9.97. The molecule has 7 heteroatoms. The third kappa shape index (κ3) is 8.77. The van der Waals surface area contributed by atoms with Crippen LogP contribution in [0.4, 0.5) is 0 Å². The highest BCUT2D eigenvalue weighted by Crippen LogP contribution is 2.25. The lowest BCUT2D eigenvalue weighted by molar-refractivity contribution is -0.208. The van der Waals surface area contributed by atoms with Gasteiger partial charge in [-0.2, -0.15) is 0 Å². The smallest absolute Gasteiger partial charge is 0.304 e. The molecule has 3 aromatic carbocycles. The summed E-state index contributed by atoms with van der Waals surface area (Å²) in [6.45, 7) is 2.31. The van der Waals surface area contributed by atoms with Crippen LogP contribution >= 0.6 is 0 Å². The van der Waals surface area contributed by atoms with Crippen LogP contribution in [-0.2, 0) is 43.6 Å². The molecule has 1 saturated heterocycles. The Hall–Kier alpha value is -3.07. The Balaban J connectivity index is 1.48. The van der Waals surface area contributed by atoms with Gasteiger partial charge in [0.15, 0.2) is 0 Å². The summed E-state index contributed by atoms with van der Waals surface area (Å²) in [6.07, 6.45) is -1.11. The van der Waals surface area contributed by atoms with Gasteiger partial charge in [0, 0.05) is 6.54 Å². The first kappa shape index (κ1) is 27.0. The first-order chi connectivity index (χ1) is 18.2. The molecule has 0 spiro atoms. The first-order valence-electron chi connectivity index (χ1n) is 12.7. The fraction of sp³-hybridized carbons (Fsp3) is 0.367. The van der Waals surface area contributed by atoms with E-state index in [0.29, 0.717) is 39.6 Å². The number of ether oxygens (including phenoxy) is 4. The highest BCUT2D eigenvalue weighted by Gasteiger charge is 2.42. The van der Waals surface area contributed by atoms with Crippen LogP contribution in [0.25, 0.3) is 0 Å². The van der Waals surface area contributed by atoms with Gasteiger partial charge in [0.1, 0.15) is 18.3 Å². The van der Waals surface area contributed by atoms with Crippen molar-refractivity contribution in [1.82, 2.24) is 5.32 Å². The Morgan fingerprint density at radius 2 is 1.30 bits per heavy atom. The third-order valence-electron chi connectivity index (χ3n) is 6.29. The number of rotatable bonds is 14. The summed E-state index contributed by atoms with van der Waals surface area (Å²) in [6, 6.07) is 29.7. The Morgan fingerprint density at radius 1 is 0.784 bits per heavy atom. The number of hydrogen-bond donors (Lipinski definition) is 2. The SMILES string of the molecule is O=C(O)CCN[C@@H]1CO[C@H](COCc2ccccc2)[C@H](OCc2ccccc2)[C@@H]1OCc1ccccc1. The van der Waals surface area contributed by atoms with Gasteiger partial charge in [-0.15, -0.1) is 0 Å². The molecule has 3 aromatic rings. The van der Waals surface area contributed by atoms with Crippen molar-refractivity contribution >= 4 is 5.97 Å². The average molecular weight is 506 g/mol. The molecule has 7 nitrogen and oxygen atoms in total. The molecule has 0 unspecified atom stereocenters. The van der Waals surface area contributed by atoms with E-state index in [1.807, 2.05) is 91.0 Å². The predicted octanol–water partition coefficient (Wildman–Crippen LogP) is 4.21. The molecule has 2 N–H and O–H groups in total. The number of carbonyl (C=O) groups is 1. The largest absolute Gasteiger partial charge is 0.481 e. The average Bonchev–Trinajstić information content (AvgIpc) is 2.93. The van der Waals surface area contributed by atoms with Crippen molar-refractivity contribution in [3.05, 3.63) is 108 Å². The van der Waals surface area contributed by atoms with Crippen molar-refractivity contribution < 1.29 is 28.8 Å². The zero-order valence-corrected chi connectivity index (χ0v) is 20.9. The van der Waals surface area contributed by atoms with E-state index < -0.39 is 12.1 Å². The number of nitrogens with one attached hydrogen (secondary N) is 1. The van der Waals surface area contributed by atoms with Crippen molar-refractivity contribution in [1.29, 1.82) is 0 Å². The highest BCUT2D eigenvalue weighted by molar-refractivity contribution is 5.66. The molecule has 4 atom stereocenters. The Bertz CT molecular complexity index is 1050. The summed E-state index contributed by atoms with van der Waals surface area (Å²) < 4.78 is 25.2. The zero-order valence-electron chi connectivity index (χ0n) is 20.9. The minimum Gasteiger partial charge on any atom is -0.481 e. The summed E-state index contributed by atoms with van der Waals surface area (Å²) in [4.78, 5) is 11.1. The van der Waals surface area contributed by atoms with Crippen molar-refractivity contribution in [2.75, 3.05) is 19.8 Å². The molecular weight excluding hydrogens is 470 g/mol. The second kappa shape index (κ2) is 14.6. The van der Waals surface area contributed by atoms with Gasteiger partial charge in [-0.05, 0) is 16.7 Å². The highest BCUT2D eigenvalue weighted by atomic mass is 16.6. The van der Waals surface area contributed by atoms with Gasteiger partial charge in [0.2, 0.25) is 0 Å². The van der Waals surface area contributed by atoms with Crippen molar-refractivity contribution in [3.63, 3.8) is 0 Å². The molecule has 196 valence electrons. The topological polar surface area (TPSA) is 86.3 Å². The standard InChI is InChI=1S/C30H35NO6/c32-28(33)16-17-31-26-21-35-27(22-34-18-23-10-4-1-5-11-23)30(37-20-25-14-8-3-9-15-25)29(26)36-19-24-12-6-2-7-13-24/h1-15,26-27,29-31H,16-22H2,(H,32,33)/t26-,27-,29-,30+/m1/s1. The second-order valence-corrected chi connectivity index (χ2v) is 9.10. The summed E-state index contributed by atoms with van der Waals surface area (Å²) >= 11 is 0. The monoisotopic (exact) mass is 505 g/mol. The van der Waals surface area contributed by atoms with Gasteiger partial charge < -0.3 is 29.4 Å². The molecule has 1 aliphatic heterocycles. The number of benzene rings is 3. The molecular formula is C30H35NO6. The van der Waals surface area contributed by atoms with Crippen LogP contribution in [0.15, 0.2) is 91.0 Å². The second-order valence-electron chi connectivity index (χ2n) is 9.10. The van der Waals surface area contributed by atoms with Crippen LogP contribution in [0.5, 0.6) is 0 Å². The lowest BCUT2D eigenvalue weighted by Gasteiger charge is -2.42. The van der Waals surface area contributed by atoms with E-state index in [0.717, 1.165) is 16.7 Å². The molecule has 0 amide bonds. The Kier molecular flexibility index (Phi) is 10.7. The van der Waals surface area contributed by atoms with Crippen LogP contribution in [0.2, 0.25) is 0 Å². The third-order valence-corrected chi connectivity index (χ3v) is 6.29. The van der Waals surface area contributed by atoms with Gasteiger partial charge in [-0.1, -0.05) is 91.0 Å². The van der Waals surface area contributed by atoms with Crippen LogP contribution in [0.1, 0.15) is 23.1 Å². The maximum Gasteiger partial charge on any atom is 0.304 e. The minimum atomic E-state index is -0.852. The van der Waals surface area contributed by atoms with E-state index in [-0.39, 0.29) is 24.7 Å². The molecule has 0 saturated carbocycles. The van der Waals surface area contributed by atoms with E-state index in [4.69, 9.17) is 24.1 Å². The van der Waals surface area contributed by atoms with Crippen LogP contribution in [0.3, 0.4) is 0 Å². The number of carboxylic acids is 1. The lowest BCUT2D eigenvalue weighted by Crippen LogP contribution is -2.61. The van der Waals surface area contributed by atoms with Gasteiger partial charge in [0.25, 0.3) is 0 Å². The van der Waals surface area contributed by atoms with E-state index >= 15 is 0 Å². The van der Waals surface area contributed by atoms with Crippen molar-refractivity contribution in [3.8, 4) is 0 Å². The molecule has 0 bridgehead atoms. The van der Waals surface area contributed by atoms with Crippen LogP contribution < -0.4 is 5.32 Å². The quantitative estimate of drug-likeness (QED) is 0.340. The van der Waals surface area contributed by atoms with Crippen molar-refractivity contribution in [2.24, 2.45) is 0 Å².